The highest BCUT2D eigenvalue weighted by Crippen LogP contribution is 2.17. The van der Waals surface area contributed by atoms with E-state index in [0.29, 0.717) is 13.1 Å². The zero-order valence-corrected chi connectivity index (χ0v) is 15.5. The molecule has 0 bridgehead atoms. The van der Waals surface area contributed by atoms with E-state index in [1.807, 2.05) is 0 Å². The Balaban J connectivity index is 2.13. The minimum absolute atomic E-state index is 0.00416. The standard InChI is InChI=1S/C16H18N4O6S/c1-3-19(4-2)27(24,25)14-7-5-6-12(10-14)16(21)18-17-11-13-8-9-15(26-13)20(22)23/h5-11H,3-4H2,1-2H3,(H,18,21). The van der Waals surface area contributed by atoms with Crippen molar-refractivity contribution >= 4 is 28.0 Å². The Bertz CT molecular complexity index is 963. The Hall–Kier alpha value is -3.05. The van der Waals surface area contributed by atoms with Crippen molar-refractivity contribution in [2.45, 2.75) is 18.7 Å². The number of amides is 1. The van der Waals surface area contributed by atoms with Gasteiger partial charge in [0.2, 0.25) is 10.0 Å². The van der Waals surface area contributed by atoms with Gasteiger partial charge in [0.1, 0.15) is 4.92 Å². The first-order chi connectivity index (χ1) is 12.8. The van der Waals surface area contributed by atoms with E-state index >= 15 is 0 Å². The fourth-order valence-corrected chi connectivity index (χ4v) is 3.74. The number of nitrogens with one attached hydrogen (secondary N) is 1. The normalized spacial score (nSPS) is 11.8. The predicted octanol–water partition coefficient (Wildman–Crippen LogP) is 1.98. The number of carbonyl (C=O) groups is 1. The van der Waals surface area contributed by atoms with Crippen LogP contribution in [0.2, 0.25) is 0 Å². The molecule has 1 aromatic heterocycles. The van der Waals surface area contributed by atoms with Crippen LogP contribution in [0.25, 0.3) is 0 Å². The van der Waals surface area contributed by atoms with Gasteiger partial charge in [-0.2, -0.15) is 9.41 Å². The van der Waals surface area contributed by atoms with Gasteiger partial charge in [-0.1, -0.05) is 19.9 Å². The first-order valence-electron chi connectivity index (χ1n) is 7.97. The van der Waals surface area contributed by atoms with Crippen LogP contribution in [0.4, 0.5) is 5.88 Å². The van der Waals surface area contributed by atoms with E-state index in [2.05, 4.69) is 10.5 Å². The van der Waals surface area contributed by atoms with Crippen LogP contribution in [0.1, 0.15) is 30.0 Å². The third-order valence-corrected chi connectivity index (χ3v) is 5.64. The predicted molar refractivity (Wildman–Crippen MR) is 97.0 cm³/mol. The molecule has 0 atom stereocenters. The molecule has 0 radical (unpaired) electrons. The van der Waals surface area contributed by atoms with Crippen LogP contribution < -0.4 is 5.43 Å². The molecule has 2 rings (SSSR count). The van der Waals surface area contributed by atoms with Crippen molar-refractivity contribution in [1.82, 2.24) is 9.73 Å². The summed E-state index contributed by atoms with van der Waals surface area (Å²) in [6.07, 6.45) is 1.10. The number of hydrogen-bond acceptors (Lipinski definition) is 7. The minimum Gasteiger partial charge on any atom is -0.400 e. The summed E-state index contributed by atoms with van der Waals surface area (Å²) in [6, 6.07) is 8.07. The topological polar surface area (TPSA) is 135 Å². The summed E-state index contributed by atoms with van der Waals surface area (Å²) in [5.74, 6) is -0.999. The van der Waals surface area contributed by atoms with E-state index in [0.717, 1.165) is 12.3 Å². The van der Waals surface area contributed by atoms with Gasteiger partial charge in [0, 0.05) is 18.7 Å². The molecular formula is C16H18N4O6S. The summed E-state index contributed by atoms with van der Waals surface area (Å²) in [5, 5.41) is 14.2. The molecule has 1 amide bonds. The van der Waals surface area contributed by atoms with Crippen LogP contribution >= 0.6 is 0 Å². The van der Waals surface area contributed by atoms with E-state index in [-0.39, 0.29) is 16.2 Å². The van der Waals surface area contributed by atoms with Gasteiger partial charge in [0.25, 0.3) is 5.91 Å². The van der Waals surface area contributed by atoms with Crippen molar-refractivity contribution in [3.63, 3.8) is 0 Å². The monoisotopic (exact) mass is 394 g/mol. The number of carbonyl (C=O) groups excluding carboxylic acids is 1. The SMILES string of the molecule is CCN(CC)S(=O)(=O)c1cccc(C(=O)NN=Cc2ccc([N+](=O)[O-])o2)c1. The second-order valence-electron chi connectivity index (χ2n) is 5.25. The molecule has 0 aliphatic heterocycles. The molecule has 0 aliphatic rings. The average Bonchev–Trinajstić information content (AvgIpc) is 3.12. The zero-order valence-electron chi connectivity index (χ0n) is 14.7. The zero-order chi connectivity index (χ0) is 20.0. The number of nitro groups is 1. The quantitative estimate of drug-likeness (QED) is 0.413. The van der Waals surface area contributed by atoms with Crippen molar-refractivity contribution in [3.05, 3.63) is 57.8 Å². The van der Waals surface area contributed by atoms with Crippen molar-refractivity contribution in [2.75, 3.05) is 13.1 Å². The number of rotatable bonds is 8. The molecule has 0 spiro atoms. The molecule has 0 unspecified atom stereocenters. The molecule has 144 valence electrons. The largest absolute Gasteiger partial charge is 0.433 e. The number of furan rings is 1. The van der Waals surface area contributed by atoms with E-state index in [1.54, 1.807) is 13.8 Å². The highest BCUT2D eigenvalue weighted by atomic mass is 32.2. The molecule has 1 aromatic carbocycles. The fraction of sp³-hybridized carbons (Fsp3) is 0.250. The van der Waals surface area contributed by atoms with E-state index < -0.39 is 26.7 Å². The molecule has 1 heterocycles. The smallest absolute Gasteiger partial charge is 0.400 e. The molecule has 0 saturated carbocycles. The Kier molecular flexibility index (Phi) is 6.42. The molecule has 1 N–H and O–H groups in total. The Morgan fingerprint density at radius 3 is 2.59 bits per heavy atom. The van der Waals surface area contributed by atoms with Crippen LogP contribution in [0.3, 0.4) is 0 Å². The van der Waals surface area contributed by atoms with Gasteiger partial charge in [-0.25, -0.2) is 13.8 Å². The van der Waals surface area contributed by atoms with Crippen LogP contribution in [0.5, 0.6) is 0 Å². The lowest BCUT2D eigenvalue weighted by molar-refractivity contribution is -0.402. The third-order valence-electron chi connectivity index (χ3n) is 3.59. The number of hydrogen-bond donors (Lipinski definition) is 1. The second kappa shape index (κ2) is 8.56. The van der Waals surface area contributed by atoms with Crippen LogP contribution in [-0.4, -0.2) is 42.9 Å². The van der Waals surface area contributed by atoms with Crippen molar-refractivity contribution in [2.24, 2.45) is 5.10 Å². The first-order valence-corrected chi connectivity index (χ1v) is 9.41. The molecule has 0 saturated heterocycles. The third kappa shape index (κ3) is 4.77. The summed E-state index contributed by atoms with van der Waals surface area (Å²) in [7, 11) is -3.69. The maximum absolute atomic E-state index is 12.5. The molecule has 0 fully saturated rings. The summed E-state index contributed by atoms with van der Waals surface area (Å²) >= 11 is 0. The van der Waals surface area contributed by atoms with E-state index in [4.69, 9.17) is 4.42 Å². The van der Waals surface area contributed by atoms with Crippen LogP contribution in [0, 0.1) is 10.1 Å². The van der Waals surface area contributed by atoms with Gasteiger partial charge >= 0.3 is 5.88 Å². The molecule has 2 aromatic rings. The Morgan fingerprint density at radius 1 is 1.30 bits per heavy atom. The summed E-state index contributed by atoms with van der Waals surface area (Å²) in [4.78, 5) is 22.0. The lowest BCUT2D eigenvalue weighted by atomic mass is 10.2. The van der Waals surface area contributed by atoms with Gasteiger partial charge in [-0.3, -0.25) is 14.9 Å². The van der Waals surface area contributed by atoms with E-state index in [1.165, 1.54) is 34.6 Å². The lowest BCUT2D eigenvalue weighted by Gasteiger charge is -2.18. The van der Waals surface area contributed by atoms with Crippen molar-refractivity contribution < 1.29 is 22.6 Å². The highest BCUT2D eigenvalue weighted by molar-refractivity contribution is 7.89. The Morgan fingerprint density at radius 2 is 2.00 bits per heavy atom. The summed E-state index contributed by atoms with van der Waals surface area (Å²) in [5.41, 5.74) is 2.32. The Labute approximate surface area is 155 Å². The molecule has 10 nitrogen and oxygen atoms in total. The van der Waals surface area contributed by atoms with Crippen molar-refractivity contribution in [3.8, 4) is 0 Å². The lowest BCUT2D eigenvalue weighted by Crippen LogP contribution is -2.30. The fourth-order valence-electron chi connectivity index (χ4n) is 2.24. The van der Waals surface area contributed by atoms with Crippen molar-refractivity contribution in [1.29, 1.82) is 0 Å². The maximum atomic E-state index is 12.5. The number of nitrogens with zero attached hydrogens (tertiary/aromatic N) is 3. The summed E-state index contributed by atoms with van der Waals surface area (Å²) in [6.45, 7) is 4.08. The second-order valence-corrected chi connectivity index (χ2v) is 7.19. The van der Waals surface area contributed by atoms with Gasteiger partial charge < -0.3 is 4.42 Å². The van der Waals surface area contributed by atoms with E-state index in [9.17, 15) is 23.3 Å². The maximum Gasteiger partial charge on any atom is 0.433 e. The molecule has 0 aliphatic carbocycles. The van der Waals surface area contributed by atoms with Crippen LogP contribution in [-0.2, 0) is 10.0 Å². The minimum atomic E-state index is -3.69. The highest BCUT2D eigenvalue weighted by Gasteiger charge is 2.22. The number of sulfonamides is 1. The van der Waals surface area contributed by atoms with Gasteiger partial charge in [-0.15, -0.1) is 0 Å². The molecule has 11 heteroatoms. The van der Waals surface area contributed by atoms with Crippen LogP contribution in [0.15, 0.2) is 50.8 Å². The van der Waals surface area contributed by atoms with Gasteiger partial charge in [0.15, 0.2) is 5.76 Å². The first kappa shape index (κ1) is 20.3. The van der Waals surface area contributed by atoms with Gasteiger partial charge in [0.05, 0.1) is 17.2 Å². The van der Waals surface area contributed by atoms with Gasteiger partial charge in [-0.05, 0) is 24.3 Å². The summed E-state index contributed by atoms with van der Waals surface area (Å²) < 4.78 is 31.2. The number of benzene rings is 1. The average molecular weight is 394 g/mol. The number of hydrazone groups is 1. The molecular weight excluding hydrogens is 376 g/mol. The molecule has 27 heavy (non-hydrogen) atoms.